The van der Waals surface area contributed by atoms with Gasteiger partial charge in [0.25, 0.3) is 0 Å². The molecule has 0 bridgehead atoms. The lowest BCUT2D eigenvalue weighted by atomic mass is 10.00. The van der Waals surface area contributed by atoms with Crippen LogP contribution in [0.2, 0.25) is 5.02 Å². The lowest BCUT2D eigenvalue weighted by Crippen LogP contribution is -1.99. The molecule has 5 heteroatoms. The number of hydrogen-bond acceptors (Lipinski definition) is 4. The number of nitrogens with zero attached hydrogens (tertiary/aromatic N) is 1. The zero-order valence-corrected chi connectivity index (χ0v) is 10.00. The number of benzene rings is 1. The first-order valence-corrected chi connectivity index (χ1v) is 4.97. The fourth-order valence-corrected chi connectivity index (χ4v) is 1.75. The molecule has 1 aromatic rings. The van der Waals surface area contributed by atoms with E-state index in [9.17, 15) is 5.11 Å². The summed E-state index contributed by atoms with van der Waals surface area (Å²) < 4.78 is 10.1. The molecular formula is C11H12ClNO3. The largest absolute Gasteiger partial charge is 0.507 e. The highest BCUT2D eigenvalue weighted by molar-refractivity contribution is 6.33. The average Bonchev–Trinajstić information content (AvgIpc) is 2.29. The molecule has 0 spiro atoms. The maximum absolute atomic E-state index is 9.79. The van der Waals surface area contributed by atoms with E-state index in [1.54, 1.807) is 6.92 Å². The molecule has 4 nitrogen and oxygen atoms in total. The summed E-state index contributed by atoms with van der Waals surface area (Å²) in [6, 6.07) is 3.39. The van der Waals surface area contributed by atoms with Crippen LogP contribution in [0.1, 0.15) is 18.4 Å². The van der Waals surface area contributed by atoms with Crippen molar-refractivity contribution in [1.82, 2.24) is 0 Å². The molecular weight excluding hydrogens is 230 g/mol. The van der Waals surface area contributed by atoms with Gasteiger partial charge in [-0.15, -0.1) is 0 Å². The quantitative estimate of drug-likeness (QED) is 0.884. The normalized spacial score (nSPS) is 11.7. The summed E-state index contributed by atoms with van der Waals surface area (Å²) in [6.45, 7) is 1.65. The number of aromatic hydroxyl groups is 1. The van der Waals surface area contributed by atoms with E-state index in [2.05, 4.69) is 0 Å². The summed E-state index contributed by atoms with van der Waals surface area (Å²) in [4.78, 5) is 0. The van der Waals surface area contributed by atoms with Crippen LogP contribution in [0.25, 0.3) is 0 Å². The second-order valence-electron chi connectivity index (χ2n) is 3.21. The van der Waals surface area contributed by atoms with E-state index in [0.717, 1.165) is 0 Å². The Kier molecular flexibility index (Phi) is 3.86. The third kappa shape index (κ3) is 2.00. The predicted molar refractivity (Wildman–Crippen MR) is 60.2 cm³/mol. The summed E-state index contributed by atoms with van der Waals surface area (Å²) in [5, 5.41) is 18.9. The summed E-state index contributed by atoms with van der Waals surface area (Å²) in [6.07, 6.45) is 0. The summed E-state index contributed by atoms with van der Waals surface area (Å²) in [5.41, 5.74) is 0.371. The zero-order chi connectivity index (χ0) is 12.3. The number of halogens is 1. The van der Waals surface area contributed by atoms with Crippen molar-refractivity contribution in [3.8, 4) is 23.3 Å². The highest BCUT2D eigenvalue weighted by Gasteiger charge is 2.22. The first kappa shape index (κ1) is 12.5. The molecule has 1 aromatic carbocycles. The molecule has 0 aliphatic carbocycles. The van der Waals surface area contributed by atoms with Gasteiger partial charge in [0.1, 0.15) is 22.3 Å². The first-order valence-electron chi connectivity index (χ1n) is 4.59. The second kappa shape index (κ2) is 4.95. The van der Waals surface area contributed by atoms with E-state index in [1.165, 1.54) is 20.3 Å². The van der Waals surface area contributed by atoms with Crippen LogP contribution in [0, 0.1) is 11.3 Å². The van der Waals surface area contributed by atoms with Gasteiger partial charge in [0.2, 0.25) is 0 Å². The van der Waals surface area contributed by atoms with Crippen molar-refractivity contribution in [2.45, 2.75) is 12.8 Å². The van der Waals surface area contributed by atoms with Gasteiger partial charge in [-0.05, 0) is 6.92 Å². The van der Waals surface area contributed by atoms with Gasteiger partial charge in [0.05, 0.1) is 31.8 Å². The highest BCUT2D eigenvalue weighted by atomic mass is 35.5. The number of methoxy groups -OCH3 is 2. The monoisotopic (exact) mass is 241 g/mol. The van der Waals surface area contributed by atoms with Gasteiger partial charge in [0.15, 0.2) is 0 Å². The molecule has 0 amide bonds. The van der Waals surface area contributed by atoms with Gasteiger partial charge in [-0.25, -0.2) is 0 Å². The van der Waals surface area contributed by atoms with Gasteiger partial charge in [-0.2, -0.15) is 5.26 Å². The lowest BCUT2D eigenvalue weighted by molar-refractivity contribution is 0.379. The van der Waals surface area contributed by atoms with Crippen molar-refractivity contribution in [2.75, 3.05) is 14.2 Å². The van der Waals surface area contributed by atoms with Crippen LogP contribution >= 0.6 is 11.6 Å². The van der Waals surface area contributed by atoms with Crippen LogP contribution in [-0.2, 0) is 0 Å². The Hall–Kier alpha value is -1.60. The van der Waals surface area contributed by atoms with Gasteiger partial charge in [-0.3, -0.25) is 0 Å². The van der Waals surface area contributed by atoms with Gasteiger partial charge < -0.3 is 14.6 Å². The minimum atomic E-state index is -0.515. The number of nitriles is 1. The van der Waals surface area contributed by atoms with E-state index in [-0.39, 0.29) is 16.5 Å². The molecule has 86 valence electrons. The van der Waals surface area contributed by atoms with Crippen molar-refractivity contribution in [1.29, 1.82) is 5.26 Å². The third-order valence-corrected chi connectivity index (χ3v) is 2.61. The van der Waals surface area contributed by atoms with Gasteiger partial charge in [0, 0.05) is 6.07 Å². The van der Waals surface area contributed by atoms with Crippen molar-refractivity contribution < 1.29 is 14.6 Å². The summed E-state index contributed by atoms with van der Waals surface area (Å²) in [5.74, 6) is 0.00276. The lowest BCUT2D eigenvalue weighted by Gasteiger charge is -2.15. The molecule has 0 aliphatic rings. The first-order chi connectivity index (χ1) is 7.56. The summed E-state index contributed by atoms with van der Waals surface area (Å²) >= 11 is 6.02. The molecule has 0 aliphatic heterocycles. The second-order valence-corrected chi connectivity index (χ2v) is 3.59. The van der Waals surface area contributed by atoms with E-state index < -0.39 is 5.92 Å². The van der Waals surface area contributed by atoms with Gasteiger partial charge >= 0.3 is 0 Å². The molecule has 0 saturated carbocycles. The smallest absolute Gasteiger partial charge is 0.149 e. The Balaban J connectivity index is 3.50. The molecule has 0 heterocycles. The topological polar surface area (TPSA) is 62.5 Å². The fraction of sp³-hybridized carbons (Fsp3) is 0.364. The standard InChI is InChI=1S/C11H12ClNO3/c1-6(5-13)9-7(14)4-8(15-2)10(12)11(9)16-3/h4,6,14H,1-3H3. The third-order valence-electron chi connectivity index (χ3n) is 2.25. The molecule has 0 aromatic heterocycles. The molecule has 1 rings (SSSR count). The zero-order valence-electron chi connectivity index (χ0n) is 9.24. The molecule has 0 radical (unpaired) electrons. The van der Waals surface area contributed by atoms with Crippen LogP contribution in [0.15, 0.2) is 6.07 Å². The Labute approximate surface area is 99.0 Å². The maximum atomic E-state index is 9.79. The Morgan fingerprint density at radius 1 is 1.44 bits per heavy atom. The van der Waals surface area contributed by atoms with Crippen LogP contribution in [0.3, 0.4) is 0 Å². The van der Waals surface area contributed by atoms with E-state index in [1.807, 2.05) is 6.07 Å². The highest BCUT2D eigenvalue weighted by Crippen LogP contribution is 2.45. The summed E-state index contributed by atoms with van der Waals surface area (Å²) in [7, 11) is 2.86. The Morgan fingerprint density at radius 2 is 2.06 bits per heavy atom. The Morgan fingerprint density at radius 3 is 2.50 bits per heavy atom. The Bertz CT molecular complexity index is 440. The van der Waals surface area contributed by atoms with Crippen LogP contribution in [0.5, 0.6) is 17.2 Å². The minimum Gasteiger partial charge on any atom is -0.507 e. The number of phenols is 1. The van der Waals surface area contributed by atoms with Crippen molar-refractivity contribution in [3.05, 3.63) is 16.7 Å². The minimum absolute atomic E-state index is 0.0628. The maximum Gasteiger partial charge on any atom is 0.149 e. The molecule has 16 heavy (non-hydrogen) atoms. The molecule has 1 atom stereocenters. The van der Waals surface area contributed by atoms with Gasteiger partial charge in [-0.1, -0.05) is 11.6 Å². The molecule has 1 N–H and O–H groups in total. The predicted octanol–water partition coefficient (Wildman–Crippen LogP) is 2.69. The number of hydrogen-bond donors (Lipinski definition) is 1. The van der Waals surface area contributed by atoms with Crippen molar-refractivity contribution in [3.63, 3.8) is 0 Å². The average molecular weight is 242 g/mol. The number of ether oxygens (including phenoxy) is 2. The molecule has 0 saturated heterocycles. The van der Waals surface area contributed by atoms with Crippen molar-refractivity contribution in [2.24, 2.45) is 0 Å². The number of phenolic OH excluding ortho intramolecular Hbond substituents is 1. The fourth-order valence-electron chi connectivity index (χ4n) is 1.44. The van der Waals surface area contributed by atoms with Crippen LogP contribution < -0.4 is 9.47 Å². The van der Waals surface area contributed by atoms with E-state index in [4.69, 9.17) is 26.3 Å². The van der Waals surface area contributed by atoms with Crippen molar-refractivity contribution >= 4 is 11.6 Å². The SMILES string of the molecule is COc1cc(O)c(C(C)C#N)c(OC)c1Cl. The molecule has 0 fully saturated rings. The van der Waals surface area contributed by atoms with E-state index >= 15 is 0 Å². The number of rotatable bonds is 3. The van der Waals surface area contributed by atoms with Crippen LogP contribution in [-0.4, -0.2) is 19.3 Å². The van der Waals surface area contributed by atoms with E-state index in [0.29, 0.717) is 11.3 Å². The van der Waals surface area contributed by atoms with Crippen LogP contribution in [0.4, 0.5) is 0 Å². The molecule has 1 unspecified atom stereocenters.